The molecule has 0 heterocycles. The van der Waals surface area contributed by atoms with Crippen LogP contribution in [0.15, 0.2) is 18.2 Å². The fraction of sp³-hybridized carbons (Fsp3) is 0.500. The Morgan fingerprint density at radius 3 is 2.62 bits per heavy atom. The Balaban J connectivity index is 2.70. The molecule has 0 saturated carbocycles. The van der Waals surface area contributed by atoms with Gasteiger partial charge < -0.3 is 15.8 Å². The van der Waals surface area contributed by atoms with Gasteiger partial charge in [0.15, 0.2) is 9.84 Å². The van der Waals surface area contributed by atoms with Gasteiger partial charge in [-0.05, 0) is 24.5 Å². The van der Waals surface area contributed by atoms with E-state index in [-0.39, 0.29) is 11.7 Å². The number of ether oxygens (including phenoxy) is 1. The highest BCUT2D eigenvalue weighted by Crippen LogP contribution is 2.26. The fourth-order valence-corrected chi connectivity index (χ4v) is 3.13. The summed E-state index contributed by atoms with van der Waals surface area (Å²) in [6, 6.07) is 4.74. The summed E-state index contributed by atoms with van der Waals surface area (Å²) >= 11 is 0. The number of amides is 1. The molecule has 0 atom stereocenters. The first-order valence-corrected chi connectivity index (χ1v) is 8.49. The Hall–Kier alpha value is -1.76. The van der Waals surface area contributed by atoms with Gasteiger partial charge in [-0.15, -0.1) is 0 Å². The number of hydrogen-bond donors (Lipinski definition) is 2. The van der Waals surface area contributed by atoms with Crippen LogP contribution in [-0.4, -0.2) is 32.9 Å². The van der Waals surface area contributed by atoms with E-state index >= 15 is 0 Å². The van der Waals surface area contributed by atoms with Crippen LogP contribution in [0.5, 0.6) is 5.75 Å². The molecule has 0 bridgehead atoms. The van der Waals surface area contributed by atoms with Gasteiger partial charge in [-0.2, -0.15) is 0 Å². The lowest BCUT2D eigenvalue weighted by Crippen LogP contribution is -2.25. The lowest BCUT2D eigenvalue weighted by atomic mass is 10.2. The van der Waals surface area contributed by atoms with Crippen molar-refractivity contribution in [3.05, 3.63) is 18.2 Å². The van der Waals surface area contributed by atoms with Gasteiger partial charge in [0.05, 0.1) is 18.6 Å². The molecule has 0 saturated heterocycles. The van der Waals surface area contributed by atoms with Crippen LogP contribution in [0.4, 0.5) is 11.4 Å². The standard InChI is InChI=1S/C14H22N2O4S/c1-10(2)6-7-21(18,19)9-14(17)16-12-5-4-11(15)8-13(12)20-3/h4-5,8,10H,6-7,9,15H2,1-3H3,(H,16,17). The van der Waals surface area contributed by atoms with Crippen molar-refractivity contribution in [2.45, 2.75) is 20.3 Å². The third-order valence-electron chi connectivity index (χ3n) is 2.86. The van der Waals surface area contributed by atoms with E-state index in [0.29, 0.717) is 23.5 Å². The summed E-state index contributed by atoms with van der Waals surface area (Å²) in [5, 5.41) is 2.53. The molecule has 21 heavy (non-hydrogen) atoms. The summed E-state index contributed by atoms with van der Waals surface area (Å²) in [5.41, 5.74) is 6.51. The van der Waals surface area contributed by atoms with Crippen LogP contribution in [0, 0.1) is 5.92 Å². The van der Waals surface area contributed by atoms with E-state index in [2.05, 4.69) is 5.32 Å². The van der Waals surface area contributed by atoms with Crippen LogP contribution < -0.4 is 15.8 Å². The monoisotopic (exact) mass is 314 g/mol. The van der Waals surface area contributed by atoms with Crippen molar-refractivity contribution in [2.75, 3.05) is 29.7 Å². The molecule has 6 nitrogen and oxygen atoms in total. The van der Waals surface area contributed by atoms with Crippen molar-refractivity contribution in [2.24, 2.45) is 5.92 Å². The first-order valence-electron chi connectivity index (χ1n) is 6.67. The van der Waals surface area contributed by atoms with Gasteiger partial charge in [0.25, 0.3) is 0 Å². The maximum absolute atomic E-state index is 11.8. The average Bonchev–Trinajstić information content (AvgIpc) is 2.38. The molecule has 0 spiro atoms. The molecule has 0 aliphatic heterocycles. The minimum atomic E-state index is -3.40. The van der Waals surface area contributed by atoms with E-state index in [1.807, 2.05) is 13.8 Å². The van der Waals surface area contributed by atoms with Crippen LogP contribution in [-0.2, 0) is 14.6 Å². The van der Waals surface area contributed by atoms with E-state index < -0.39 is 21.5 Å². The highest BCUT2D eigenvalue weighted by atomic mass is 32.2. The Labute approximate surface area is 125 Å². The molecule has 1 amide bonds. The van der Waals surface area contributed by atoms with Crippen molar-refractivity contribution in [3.8, 4) is 5.75 Å². The molecule has 118 valence electrons. The molecule has 1 aromatic carbocycles. The predicted molar refractivity (Wildman–Crippen MR) is 84.1 cm³/mol. The number of nitrogen functional groups attached to an aromatic ring is 1. The molecule has 0 radical (unpaired) electrons. The minimum absolute atomic E-state index is 0.0109. The number of benzene rings is 1. The van der Waals surface area contributed by atoms with Crippen LogP contribution in [0.25, 0.3) is 0 Å². The average molecular weight is 314 g/mol. The van der Waals surface area contributed by atoms with Gasteiger partial charge in [0.2, 0.25) is 5.91 Å². The summed E-state index contributed by atoms with van der Waals surface area (Å²) in [7, 11) is -1.95. The van der Waals surface area contributed by atoms with E-state index in [9.17, 15) is 13.2 Å². The SMILES string of the molecule is COc1cc(N)ccc1NC(=O)CS(=O)(=O)CCC(C)C. The second-order valence-corrected chi connectivity index (χ2v) is 7.47. The van der Waals surface area contributed by atoms with Gasteiger partial charge in [-0.25, -0.2) is 8.42 Å². The number of anilines is 2. The number of nitrogens with one attached hydrogen (secondary N) is 1. The number of sulfone groups is 1. The molecule has 0 aromatic heterocycles. The van der Waals surface area contributed by atoms with Gasteiger partial charge in [0, 0.05) is 11.8 Å². The lowest BCUT2D eigenvalue weighted by molar-refractivity contribution is -0.113. The van der Waals surface area contributed by atoms with Crippen LogP contribution in [0.1, 0.15) is 20.3 Å². The van der Waals surface area contributed by atoms with Gasteiger partial charge in [0.1, 0.15) is 11.5 Å². The molecule has 0 aliphatic rings. The van der Waals surface area contributed by atoms with Gasteiger partial charge >= 0.3 is 0 Å². The molecular formula is C14H22N2O4S. The van der Waals surface area contributed by atoms with Gasteiger partial charge in [-0.1, -0.05) is 13.8 Å². The quantitative estimate of drug-likeness (QED) is 0.746. The second kappa shape index (κ2) is 7.31. The predicted octanol–water partition coefficient (Wildman–Crippen LogP) is 1.68. The number of nitrogens with two attached hydrogens (primary N) is 1. The van der Waals surface area contributed by atoms with E-state index in [0.717, 1.165) is 0 Å². The van der Waals surface area contributed by atoms with E-state index in [1.165, 1.54) is 7.11 Å². The van der Waals surface area contributed by atoms with Crippen molar-refractivity contribution in [1.29, 1.82) is 0 Å². The maximum Gasteiger partial charge on any atom is 0.239 e. The number of methoxy groups -OCH3 is 1. The molecular weight excluding hydrogens is 292 g/mol. The molecule has 1 aromatic rings. The summed E-state index contributed by atoms with van der Waals surface area (Å²) in [6.07, 6.45) is 0.542. The molecule has 0 aliphatic carbocycles. The summed E-state index contributed by atoms with van der Waals surface area (Å²) in [6.45, 7) is 3.88. The number of rotatable bonds is 7. The minimum Gasteiger partial charge on any atom is -0.494 e. The highest BCUT2D eigenvalue weighted by Gasteiger charge is 2.18. The van der Waals surface area contributed by atoms with Crippen molar-refractivity contribution in [3.63, 3.8) is 0 Å². The smallest absolute Gasteiger partial charge is 0.239 e. The molecule has 1 rings (SSSR count). The summed E-state index contributed by atoms with van der Waals surface area (Å²) in [5.74, 6) is -0.436. The number of hydrogen-bond acceptors (Lipinski definition) is 5. The Morgan fingerprint density at radius 1 is 1.38 bits per heavy atom. The van der Waals surface area contributed by atoms with Crippen LogP contribution in [0.3, 0.4) is 0 Å². The zero-order valence-corrected chi connectivity index (χ0v) is 13.4. The third-order valence-corrected chi connectivity index (χ3v) is 4.42. The first kappa shape index (κ1) is 17.3. The van der Waals surface area contributed by atoms with E-state index in [4.69, 9.17) is 10.5 Å². The number of carbonyl (C=O) groups excluding carboxylic acids is 1. The van der Waals surface area contributed by atoms with Crippen LogP contribution in [0.2, 0.25) is 0 Å². The topological polar surface area (TPSA) is 98.5 Å². The Kier molecular flexibility index (Phi) is 6.02. The summed E-state index contributed by atoms with van der Waals surface area (Å²) in [4.78, 5) is 11.8. The zero-order chi connectivity index (χ0) is 16.0. The highest BCUT2D eigenvalue weighted by molar-refractivity contribution is 7.92. The van der Waals surface area contributed by atoms with Crippen LogP contribution >= 0.6 is 0 Å². The third kappa shape index (κ3) is 6.03. The lowest BCUT2D eigenvalue weighted by Gasteiger charge is -2.11. The second-order valence-electron chi connectivity index (χ2n) is 5.28. The molecule has 3 N–H and O–H groups in total. The number of carbonyl (C=O) groups is 1. The normalized spacial score (nSPS) is 11.4. The zero-order valence-electron chi connectivity index (χ0n) is 12.5. The Morgan fingerprint density at radius 2 is 2.05 bits per heavy atom. The molecule has 0 unspecified atom stereocenters. The molecule has 0 fully saturated rings. The fourth-order valence-electron chi connectivity index (χ4n) is 1.68. The van der Waals surface area contributed by atoms with E-state index in [1.54, 1.807) is 18.2 Å². The first-order chi connectivity index (χ1) is 9.73. The maximum atomic E-state index is 11.8. The van der Waals surface area contributed by atoms with Crippen molar-refractivity contribution in [1.82, 2.24) is 0 Å². The van der Waals surface area contributed by atoms with Gasteiger partial charge in [-0.3, -0.25) is 4.79 Å². The van der Waals surface area contributed by atoms with Crippen molar-refractivity contribution < 1.29 is 17.9 Å². The largest absolute Gasteiger partial charge is 0.494 e. The Bertz CT molecular complexity index is 597. The van der Waals surface area contributed by atoms with Crippen molar-refractivity contribution >= 4 is 27.1 Å². The summed E-state index contributed by atoms with van der Waals surface area (Å²) < 4.78 is 28.8. The molecule has 7 heteroatoms.